The van der Waals surface area contributed by atoms with Gasteiger partial charge >= 0.3 is 0 Å². The van der Waals surface area contributed by atoms with Crippen molar-refractivity contribution in [1.82, 2.24) is 0 Å². The molecule has 2 heterocycles. The zero-order valence-corrected chi connectivity index (χ0v) is 27.9. The highest BCUT2D eigenvalue weighted by Crippen LogP contribution is 2.50. The van der Waals surface area contributed by atoms with Gasteiger partial charge in [0.05, 0.1) is 0 Å². The highest BCUT2D eigenvalue weighted by atomic mass is 16.3. The summed E-state index contributed by atoms with van der Waals surface area (Å²) in [6, 6.07) is 51.1. The molecule has 0 N–H and O–H groups in total. The van der Waals surface area contributed by atoms with Crippen LogP contribution >= 0.6 is 0 Å². The number of benzene rings is 8. The summed E-state index contributed by atoms with van der Waals surface area (Å²) in [7, 11) is 0. The Labute approximate surface area is 295 Å². The summed E-state index contributed by atoms with van der Waals surface area (Å²) in [6.45, 7) is 5.26. The van der Waals surface area contributed by atoms with Crippen LogP contribution < -0.4 is 4.90 Å². The van der Waals surface area contributed by atoms with Crippen LogP contribution in [0, 0.1) is 0 Å². The Morgan fingerprint density at radius 1 is 0.451 bits per heavy atom. The fourth-order valence-corrected chi connectivity index (χ4v) is 8.62. The molecule has 1 aliphatic carbocycles. The van der Waals surface area contributed by atoms with E-state index in [1.807, 2.05) is 12.1 Å². The third-order valence-electron chi connectivity index (χ3n) is 10.9. The molecule has 2 heteroatoms. The maximum Gasteiger partial charge on any atom is 0.136 e. The van der Waals surface area contributed by atoms with Gasteiger partial charge in [0.25, 0.3) is 0 Å². The van der Waals surface area contributed by atoms with E-state index in [2.05, 4.69) is 163 Å². The van der Waals surface area contributed by atoms with Crippen molar-refractivity contribution < 1.29 is 4.42 Å². The molecule has 0 fully saturated rings. The van der Waals surface area contributed by atoms with E-state index in [1.165, 1.54) is 60.3 Å². The second-order valence-corrected chi connectivity index (χ2v) is 13.7. The number of furan rings is 1. The van der Waals surface area contributed by atoms with E-state index in [0.29, 0.717) is 6.54 Å². The first-order valence-corrected chi connectivity index (χ1v) is 17.6. The predicted octanol–water partition coefficient (Wildman–Crippen LogP) is 13.6. The maximum absolute atomic E-state index is 6.33. The monoisotopic (exact) mass is 649 g/mol. The second-order valence-electron chi connectivity index (χ2n) is 13.7. The van der Waals surface area contributed by atoms with Gasteiger partial charge in [0.15, 0.2) is 0 Å². The molecule has 9 aromatic rings. The number of hydrogen-bond donors (Lipinski definition) is 0. The van der Waals surface area contributed by atoms with Crippen LogP contribution in [0.25, 0.3) is 93.2 Å². The molecule has 51 heavy (non-hydrogen) atoms. The first-order valence-electron chi connectivity index (χ1n) is 17.6. The third kappa shape index (κ3) is 4.11. The highest BCUT2D eigenvalue weighted by Gasteiger charge is 2.24. The Morgan fingerprint density at radius 2 is 1.12 bits per heavy atom. The van der Waals surface area contributed by atoms with Crippen LogP contribution in [0.3, 0.4) is 0 Å². The average Bonchev–Trinajstić information content (AvgIpc) is 3.72. The van der Waals surface area contributed by atoms with Crippen molar-refractivity contribution >= 4 is 71.2 Å². The zero-order chi connectivity index (χ0) is 33.6. The number of hydrogen-bond acceptors (Lipinski definition) is 2. The summed E-state index contributed by atoms with van der Waals surface area (Å²) in [4.78, 5) is 2.45. The maximum atomic E-state index is 6.33. The van der Waals surface area contributed by atoms with Crippen LogP contribution in [-0.2, 0) is 0 Å². The van der Waals surface area contributed by atoms with Crippen LogP contribution in [0.5, 0.6) is 0 Å². The Hall–Kier alpha value is -6.64. The molecule has 2 aliphatic rings. The fourth-order valence-electron chi connectivity index (χ4n) is 8.62. The first kappa shape index (κ1) is 28.2. The smallest absolute Gasteiger partial charge is 0.136 e. The Morgan fingerprint density at radius 3 is 2.00 bits per heavy atom. The molecule has 0 atom stereocenters. The average molecular weight is 650 g/mol. The van der Waals surface area contributed by atoms with Gasteiger partial charge < -0.3 is 9.32 Å². The molecule has 0 unspecified atom stereocenters. The van der Waals surface area contributed by atoms with Crippen LogP contribution in [-0.4, -0.2) is 6.54 Å². The lowest BCUT2D eigenvalue weighted by molar-refractivity contribution is 0.669. The van der Waals surface area contributed by atoms with Crippen molar-refractivity contribution in [1.29, 1.82) is 0 Å². The van der Waals surface area contributed by atoms with Gasteiger partial charge in [0, 0.05) is 39.6 Å². The van der Waals surface area contributed by atoms with E-state index in [0.717, 1.165) is 49.8 Å². The Bertz CT molecular complexity index is 3000. The molecular formula is C49H31NO. The van der Waals surface area contributed by atoms with Crippen molar-refractivity contribution in [3.63, 3.8) is 0 Å². The summed E-state index contributed by atoms with van der Waals surface area (Å²) >= 11 is 0. The molecule has 11 rings (SSSR count). The van der Waals surface area contributed by atoms with E-state index in [1.54, 1.807) is 0 Å². The molecule has 0 radical (unpaired) electrons. The summed E-state index contributed by atoms with van der Waals surface area (Å²) in [6.07, 6.45) is 8.58. The molecule has 1 aliphatic heterocycles. The quantitative estimate of drug-likeness (QED) is 0.185. The lowest BCUT2D eigenvalue weighted by atomic mass is 9.90. The van der Waals surface area contributed by atoms with Gasteiger partial charge in [0.2, 0.25) is 0 Å². The van der Waals surface area contributed by atoms with Gasteiger partial charge in [-0.3, -0.25) is 0 Å². The normalized spacial score (nSPS) is 14.9. The van der Waals surface area contributed by atoms with Crippen molar-refractivity contribution in [2.75, 3.05) is 11.4 Å². The molecule has 8 aromatic carbocycles. The molecule has 1 aromatic heterocycles. The van der Waals surface area contributed by atoms with Crippen LogP contribution in [0.15, 0.2) is 175 Å². The van der Waals surface area contributed by atoms with E-state index in [4.69, 9.17) is 4.42 Å². The number of fused-ring (bicyclic) bond motifs is 9. The van der Waals surface area contributed by atoms with Crippen molar-refractivity contribution in [3.8, 4) is 33.4 Å². The van der Waals surface area contributed by atoms with Crippen molar-refractivity contribution in [2.24, 2.45) is 0 Å². The summed E-state index contributed by atoms with van der Waals surface area (Å²) in [5, 5.41) is 9.67. The summed E-state index contributed by atoms with van der Waals surface area (Å²) < 4.78 is 6.33. The lowest BCUT2D eigenvalue weighted by Gasteiger charge is -2.29. The number of anilines is 2. The molecule has 2 nitrogen and oxygen atoms in total. The van der Waals surface area contributed by atoms with E-state index in [9.17, 15) is 0 Å². The minimum absolute atomic E-state index is 0.714. The summed E-state index contributed by atoms with van der Waals surface area (Å²) in [5.41, 5.74) is 14.0. The Balaban J connectivity index is 1.12. The van der Waals surface area contributed by atoms with Gasteiger partial charge in [-0.05, 0) is 102 Å². The largest absolute Gasteiger partial charge is 0.456 e. The van der Waals surface area contributed by atoms with Gasteiger partial charge in [-0.2, -0.15) is 0 Å². The van der Waals surface area contributed by atoms with Gasteiger partial charge in [-0.1, -0.05) is 134 Å². The third-order valence-corrected chi connectivity index (χ3v) is 10.9. The van der Waals surface area contributed by atoms with E-state index < -0.39 is 0 Å². The molecule has 0 spiro atoms. The first-order chi connectivity index (χ1) is 25.2. The van der Waals surface area contributed by atoms with Gasteiger partial charge in [0.1, 0.15) is 11.2 Å². The van der Waals surface area contributed by atoms with Crippen molar-refractivity contribution in [2.45, 2.75) is 0 Å². The second kappa shape index (κ2) is 10.7. The zero-order valence-electron chi connectivity index (χ0n) is 27.9. The SMILES string of the molecule is C=C1/C=C\C=C/CN(c2ccc(-c3ccc4c5c(cccc35)-c3ccccc3-4)c3ccccc23)c2cc3cc4oc5ccccc5c4cc3cc21. The van der Waals surface area contributed by atoms with Crippen LogP contribution in [0.1, 0.15) is 5.56 Å². The van der Waals surface area contributed by atoms with Crippen molar-refractivity contribution in [3.05, 3.63) is 176 Å². The molecular weight excluding hydrogens is 619 g/mol. The lowest BCUT2D eigenvalue weighted by Crippen LogP contribution is -2.18. The minimum Gasteiger partial charge on any atom is -0.456 e. The minimum atomic E-state index is 0.714. The molecule has 238 valence electrons. The van der Waals surface area contributed by atoms with E-state index in [-0.39, 0.29) is 0 Å². The number of nitrogens with zero attached hydrogens (tertiary/aromatic N) is 1. The van der Waals surface area contributed by atoms with Crippen LogP contribution in [0.4, 0.5) is 11.4 Å². The van der Waals surface area contributed by atoms with Crippen LogP contribution in [0.2, 0.25) is 0 Å². The predicted molar refractivity (Wildman–Crippen MR) is 217 cm³/mol. The molecule has 0 amide bonds. The molecule has 0 saturated heterocycles. The van der Waals surface area contributed by atoms with Gasteiger partial charge in [-0.25, -0.2) is 0 Å². The highest BCUT2D eigenvalue weighted by molar-refractivity contribution is 6.20. The standard InChI is InChI=1S/C49H31NO/c1-30-12-3-2-10-25-50(46-28-32-29-48-44(27-31(32)26-43(30)46)39-17-8-9-20-47(39)51-48)45-24-23-36(33-13-6-7-16-38(33)45)37-21-22-42-35-15-5-4-14-34(35)40-18-11-19-41(37)49(40)42/h2-24,26-29H,1,25H2/b10-2-,12-3-. The summed E-state index contributed by atoms with van der Waals surface area (Å²) in [5.74, 6) is 0. The van der Waals surface area contributed by atoms with Gasteiger partial charge in [-0.15, -0.1) is 0 Å². The Kier molecular flexibility index (Phi) is 5.91. The molecule has 0 saturated carbocycles. The number of allylic oxidation sites excluding steroid dienone is 4. The fraction of sp³-hybridized carbons (Fsp3) is 0.0204. The number of rotatable bonds is 2. The topological polar surface area (TPSA) is 16.4 Å². The van der Waals surface area contributed by atoms with E-state index >= 15 is 0 Å². The molecule has 0 bridgehead atoms. The number of para-hydroxylation sites is 1.